The van der Waals surface area contributed by atoms with E-state index in [1.54, 1.807) is 0 Å². The summed E-state index contributed by atoms with van der Waals surface area (Å²) in [7, 11) is 0. The van der Waals surface area contributed by atoms with E-state index in [0.717, 1.165) is 0 Å². The van der Waals surface area contributed by atoms with Crippen molar-refractivity contribution in [3.8, 4) is 0 Å². The molecule has 0 radical (unpaired) electrons. The normalized spacial score (nSPS) is 38.5. The van der Waals surface area contributed by atoms with Gasteiger partial charge in [-0.25, -0.2) is 0 Å². The van der Waals surface area contributed by atoms with E-state index in [-0.39, 0.29) is 22.9 Å². The Hall–Kier alpha value is -0.700. The molecule has 0 aromatic carbocycles. The Balaban J connectivity index is 2.36. The Labute approximate surface area is 90.2 Å². The molecule has 3 rings (SSSR count). The fourth-order valence-electron chi connectivity index (χ4n) is 3.18. The molecule has 0 N–H and O–H groups in total. The number of fused-ring (bicyclic) bond motifs is 3. The van der Waals surface area contributed by atoms with E-state index in [4.69, 9.17) is 4.74 Å². The highest BCUT2D eigenvalue weighted by Crippen LogP contribution is 2.52. The summed E-state index contributed by atoms with van der Waals surface area (Å²) in [6.45, 7) is 6.50. The van der Waals surface area contributed by atoms with Crippen molar-refractivity contribution in [2.45, 2.75) is 45.6 Å². The fourth-order valence-corrected chi connectivity index (χ4v) is 3.18. The molecule has 3 heteroatoms. The van der Waals surface area contributed by atoms with Crippen LogP contribution < -0.4 is 0 Å². The summed E-state index contributed by atoms with van der Waals surface area (Å²) in [5, 5.41) is 0. The van der Waals surface area contributed by atoms with Gasteiger partial charge in [-0.1, -0.05) is 13.8 Å². The zero-order valence-corrected chi connectivity index (χ0v) is 9.63. The third-order valence-corrected chi connectivity index (χ3v) is 3.85. The largest absolute Gasteiger partial charge is 0.367 e. The molecule has 0 aromatic rings. The molecule has 3 nitrogen and oxygen atoms in total. The second-order valence-corrected chi connectivity index (χ2v) is 5.42. The van der Waals surface area contributed by atoms with Gasteiger partial charge in [0.1, 0.15) is 11.4 Å². The number of carbonyl (C=O) groups excluding carboxylic acids is 2. The molecule has 0 saturated heterocycles. The molecule has 0 aromatic heterocycles. The predicted molar refractivity (Wildman–Crippen MR) is 55.5 cm³/mol. The van der Waals surface area contributed by atoms with Crippen LogP contribution in [0.2, 0.25) is 0 Å². The van der Waals surface area contributed by atoms with Crippen LogP contribution in [0.15, 0.2) is 0 Å². The maximum atomic E-state index is 11.9. The third-order valence-electron chi connectivity index (χ3n) is 3.85. The van der Waals surface area contributed by atoms with Crippen LogP contribution in [0, 0.1) is 11.3 Å². The summed E-state index contributed by atoms with van der Waals surface area (Å²) in [5.74, 6) is 0.264. The first kappa shape index (κ1) is 10.8. The van der Waals surface area contributed by atoms with Gasteiger partial charge >= 0.3 is 0 Å². The number of hydrogen-bond acceptors (Lipinski definition) is 3. The maximum absolute atomic E-state index is 11.9. The lowest BCUT2D eigenvalue weighted by Crippen LogP contribution is -2.60. The molecule has 0 heterocycles. The summed E-state index contributed by atoms with van der Waals surface area (Å²) in [4.78, 5) is 23.8. The average molecular weight is 210 g/mol. The first-order chi connectivity index (χ1) is 6.91. The van der Waals surface area contributed by atoms with Gasteiger partial charge in [0.05, 0.1) is 0 Å². The van der Waals surface area contributed by atoms with Gasteiger partial charge in [-0.05, 0) is 18.8 Å². The van der Waals surface area contributed by atoms with Crippen LogP contribution in [0.1, 0.15) is 40.0 Å². The van der Waals surface area contributed by atoms with Crippen molar-refractivity contribution < 1.29 is 14.3 Å². The number of Topliss-reactive ketones (excluding diaryl/α,β-unsaturated/α-hetero) is 2. The third kappa shape index (κ3) is 1.44. The van der Waals surface area contributed by atoms with Gasteiger partial charge in [0, 0.05) is 25.4 Å². The van der Waals surface area contributed by atoms with E-state index >= 15 is 0 Å². The summed E-state index contributed by atoms with van der Waals surface area (Å²) in [6, 6.07) is 0. The van der Waals surface area contributed by atoms with Crippen LogP contribution >= 0.6 is 0 Å². The Morgan fingerprint density at radius 3 is 2.60 bits per heavy atom. The monoisotopic (exact) mass is 210 g/mol. The van der Waals surface area contributed by atoms with Crippen molar-refractivity contribution in [2.24, 2.45) is 11.3 Å². The van der Waals surface area contributed by atoms with Crippen molar-refractivity contribution in [1.82, 2.24) is 0 Å². The molecule has 3 aliphatic carbocycles. The van der Waals surface area contributed by atoms with Gasteiger partial charge in [0.15, 0.2) is 5.78 Å². The van der Waals surface area contributed by atoms with Crippen LogP contribution in [0.3, 0.4) is 0 Å². The van der Waals surface area contributed by atoms with Gasteiger partial charge < -0.3 is 4.74 Å². The molecule has 3 fully saturated rings. The minimum atomic E-state index is -0.788. The van der Waals surface area contributed by atoms with Crippen molar-refractivity contribution >= 4 is 11.6 Å². The van der Waals surface area contributed by atoms with Crippen molar-refractivity contribution in [1.29, 1.82) is 0 Å². The second kappa shape index (κ2) is 3.14. The van der Waals surface area contributed by atoms with E-state index in [0.29, 0.717) is 25.9 Å². The maximum Gasteiger partial charge on any atom is 0.165 e. The quantitative estimate of drug-likeness (QED) is 0.697. The molecule has 0 spiro atoms. The van der Waals surface area contributed by atoms with Gasteiger partial charge in [-0.3, -0.25) is 9.59 Å². The molecule has 84 valence electrons. The zero-order valence-electron chi connectivity index (χ0n) is 9.63. The molecular weight excluding hydrogens is 192 g/mol. The molecule has 15 heavy (non-hydrogen) atoms. The van der Waals surface area contributed by atoms with Crippen LogP contribution in [-0.2, 0) is 14.3 Å². The highest BCUT2D eigenvalue weighted by atomic mass is 16.5. The Morgan fingerprint density at radius 1 is 1.40 bits per heavy atom. The Bertz CT molecular complexity index is 319. The van der Waals surface area contributed by atoms with Crippen molar-refractivity contribution in [3.63, 3.8) is 0 Å². The van der Waals surface area contributed by atoms with Gasteiger partial charge in [0.2, 0.25) is 0 Å². The molecule has 0 unspecified atom stereocenters. The van der Waals surface area contributed by atoms with Crippen LogP contribution in [0.4, 0.5) is 0 Å². The van der Waals surface area contributed by atoms with E-state index in [9.17, 15) is 9.59 Å². The SMILES string of the molecule is CCO[C@]12CC(=O)[C@H](CC1=O)C(C)(C)C2. The zero-order chi connectivity index (χ0) is 11.3. The molecule has 0 amide bonds. The number of ether oxygens (including phenoxy) is 1. The predicted octanol–water partition coefficient (Wildman–Crippen LogP) is 1.74. The van der Waals surface area contributed by atoms with Gasteiger partial charge in [-0.15, -0.1) is 0 Å². The number of ketones is 2. The van der Waals surface area contributed by atoms with E-state index in [1.165, 1.54) is 0 Å². The molecular formula is C12H18O3. The van der Waals surface area contributed by atoms with Gasteiger partial charge in [0.25, 0.3) is 0 Å². The smallest absolute Gasteiger partial charge is 0.165 e. The Kier molecular flexibility index (Phi) is 2.26. The molecule has 2 atom stereocenters. The van der Waals surface area contributed by atoms with Crippen molar-refractivity contribution in [3.05, 3.63) is 0 Å². The fraction of sp³-hybridized carbons (Fsp3) is 0.833. The summed E-state index contributed by atoms with van der Waals surface area (Å²) >= 11 is 0. The first-order valence-electron chi connectivity index (χ1n) is 5.61. The average Bonchev–Trinajstić information content (AvgIpc) is 2.08. The van der Waals surface area contributed by atoms with Gasteiger partial charge in [-0.2, -0.15) is 0 Å². The van der Waals surface area contributed by atoms with E-state index in [2.05, 4.69) is 13.8 Å². The summed E-state index contributed by atoms with van der Waals surface area (Å²) < 4.78 is 5.61. The van der Waals surface area contributed by atoms with Crippen molar-refractivity contribution in [2.75, 3.05) is 6.61 Å². The van der Waals surface area contributed by atoms with Crippen LogP contribution in [0.25, 0.3) is 0 Å². The highest BCUT2D eigenvalue weighted by molar-refractivity contribution is 6.02. The lowest BCUT2D eigenvalue weighted by molar-refractivity contribution is -0.180. The first-order valence-corrected chi connectivity index (χ1v) is 5.61. The number of rotatable bonds is 2. The lowest BCUT2D eigenvalue weighted by Gasteiger charge is -2.52. The topological polar surface area (TPSA) is 43.4 Å². The molecule has 0 aliphatic heterocycles. The number of hydrogen-bond donors (Lipinski definition) is 0. The standard InChI is InChI=1S/C12H18O3/c1-4-15-12-6-9(13)8(5-10(12)14)11(2,3)7-12/h8H,4-7H2,1-3H3/t8-,12-/m0/s1. The minimum Gasteiger partial charge on any atom is -0.367 e. The second-order valence-electron chi connectivity index (χ2n) is 5.42. The van der Waals surface area contributed by atoms with Crippen LogP contribution in [-0.4, -0.2) is 23.8 Å². The summed E-state index contributed by atoms with van der Waals surface area (Å²) in [5.41, 5.74) is -0.873. The highest BCUT2D eigenvalue weighted by Gasteiger charge is 2.59. The number of carbonyl (C=O) groups is 2. The minimum absolute atomic E-state index is 0.0765. The Morgan fingerprint density at radius 2 is 2.07 bits per heavy atom. The molecule has 2 bridgehead atoms. The van der Waals surface area contributed by atoms with E-state index in [1.807, 2.05) is 6.92 Å². The molecule has 3 saturated carbocycles. The molecule has 3 aliphatic rings. The van der Waals surface area contributed by atoms with E-state index < -0.39 is 5.60 Å². The summed E-state index contributed by atoms with van der Waals surface area (Å²) in [6.07, 6.45) is 1.38. The lowest BCUT2D eigenvalue weighted by atomic mass is 9.54. The van der Waals surface area contributed by atoms with Crippen LogP contribution in [0.5, 0.6) is 0 Å².